The summed E-state index contributed by atoms with van der Waals surface area (Å²) in [7, 11) is 0. The van der Waals surface area contributed by atoms with Crippen molar-refractivity contribution in [1.82, 2.24) is 9.88 Å². The highest BCUT2D eigenvalue weighted by molar-refractivity contribution is 7.09. The molecular weight excluding hydrogens is 354 g/mol. The summed E-state index contributed by atoms with van der Waals surface area (Å²) in [5.41, 5.74) is 3.26. The largest absolute Gasteiger partial charge is 0.359 e. The minimum Gasteiger partial charge on any atom is -0.359 e. The van der Waals surface area contributed by atoms with E-state index in [0.29, 0.717) is 17.1 Å². The third-order valence-corrected chi connectivity index (χ3v) is 5.40. The molecule has 0 saturated carbocycles. The molecule has 2 aromatic heterocycles. The topological polar surface area (TPSA) is 45.2 Å². The Hall–Kier alpha value is -2.37. The van der Waals surface area contributed by atoms with Crippen molar-refractivity contribution < 1.29 is 4.79 Å². The molecule has 4 nitrogen and oxygen atoms in total. The van der Waals surface area contributed by atoms with Crippen molar-refractivity contribution in [2.24, 2.45) is 0 Å². The lowest BCUT2D eigenvalue weighted by Crippen LogP contribution is -2.31. The van der Waals surface area contributed by atoms with Crippen LogP contribution in [0.5, 0.6) is 0 Å². The van der Waals surface area contributed by atoms with Crippen molar-refractivity contribution >= 4 is 34.5 Å². The molecule has 1 aromatic carbocycles. The molecule has 1 N–H and O–H groups in total. The molecule has 1 aliphatic rings. The highest BCUT2D eigenvalue weighted by Crippen LogP contribution is 2.36. The van der Waals surface area contributed by atoms with Gasteiger partial charge in [-0.25, -0.2) is 0 Å². The SMILES string of the molecule is Cc1ccc(N[C@@H]2c3ncccc3C(=O)N2Cc2cccs2)c(Cl)c1. The van der Waals surface area contributed by atoms with Gasteiger partial charge in [0.25, 0.3) is 5.91 Å². The Balaban J connectivity index is 1.71. The van der Waals surface area contributed by atoms with E-state index in [4.69, 9.17) is 11.6 Å². The van der Waals surface area contributed by atoms with E-state index in [1.807, 2.05) is 48.7 Å². The average molecular weight is 370 g/mol. The van der Waals surface area contributed by atoms with Gasteiger partial charge in [-0.2, -0.15) is 0 Å². The number of fused-ring (bicyclic) bond motifs is 1. The number of carbonyl (C=O) groups is 1. The predicted octanol–water partition coefficient (Wildman–Crippen LogP) is 4.87. The maximum Gasteiger partial charge on any atom is 0.258 e. The molecule has 1 amide bonds. The van der Waals surface area contributed by atoms with Gasteiger partial charge in [0.1, 0.15) is 6.17 Å². The summed E-state index contributed by atoms with van der Waals surface area (Å²) in [5.74, 6) is -0.0164. The number of pyridine rings is 1. The van der Waals surface area contributed by atoms with E-state index in [0.717, 1.165) is 21.8 Å². The number of anilines is 1. The number of amides is 1. The van der Waals surface area contributed by atoms with Gasteiger partial charge in [-0.15, -0.1) is 11.3 Å². The summed E-state index contributed by atoms with van der Waals surface area (Å²) < 4.78 is 0. The van der Waals surface area contributed by atoms with Crippen LogP contribution < -0.4 is 5.32 Å². The maximum atomic E-state index is 12.9. The van der Waals surface area contributed by atoms with Crippen LogP contribution in [0.15, 0.2) is 54.0 Å². The van der Waals surface area contributed by atoms with Crippen LogP contribution in [-0.2, 0) is 6.54 Å². The molecule has 1 aliphatic heterocycles. The van der Waals surface area contributed by atoms with E-state index < -0.39 is 0 Å². The molecule has 25 heavy (non-hydrogen) atoms. The summed E-state index contributed by atoms with van der Waals surface area (Å²) in [6.07, 6.45) is 1.37. The third kappa shape index (κ3) is 3.01. The Labute approximate surface area is 155 Å². The van der Waals surface area contributed by atoms with Gasteiger partial charge in [-0.3, -0.25) is 9.78 Å². The second-order valence-corrected chi connectivity index (χ2v) is 7.42. The Bertz CT molecular complexity index is 926. The van der Waals surface area contributed by atoms with Gasteiger partial charge in [0.2, 0.25) is 0 Å². The molecule has 4 rings (SSSR count). The summed E-state index contributed by atoms with van der Waals surface area (Å²) in [5, 5.41) is 6.05. The van der Waals surface area contributed by atoms with Crippen molar-refractivity contribution in [1.29, 1.82) is 0 Å². The Kier molecular flexibility index (Phi) is 4.19. The number of nitrogens with one attached hydrogen (secondary N) is 1. The third-order valence-electron chi connectivity index (χ3n) is 4.22. The number of nitrogens with zero attached hydrogens (tertiary/aromatic N) is 2. The average Bonchev–Trinajstić information content (AvgIpc) is 3.20. The summed E-state index contributed by atoms with van der Waals surface area (Å²) >= 11 is 8.01. The fourth-order valence-corrected chi connectivity index (χ4v) is 3.99. The first-order valence-electron chi connectivity index (χ1n) is 7.94. The Morgan fingerprint density at radius 1 is 1.28 bits per heavy atom. The molecule has 0 saturated heterocycles. The second kappa shape index (κ2) is 6.50. The minimum absolute atomic E-state index is 0.0164. The van der Waals surface area contributed by atoms with Crippen LogP contribution >= 0.6 is 22.9 Å². The highest BCUT2D eigenvalue weighted by atomic mass is 35.5. The first-order valence-corrected chi connectivity index (χ1v) is 9.20. The Morgan fingerprint density at radius 2 is 2.16 bits per heavy atom. The maximum absolute atomic E-state index is 12.9. The number of benzene rings is 1. The van der Waals surface area contributed by atoms with Crippen molar-refractivity contribution in [3.63, 3.8) is 0 Å². The fraction of sp³-hybridized carbons (Fsp3) is 0.158. The van der Waals surface area contributed by atoms with Crippen molar-refractivity contribution in [3.8, 4) is 0 Å². The van der Waals surface area contributed by atoms with Crippen LogP contribution in [0.4, 0.5) is 5.69 Å². The molecule has 0 spiro atoms. The monoisotopic (exact) mass is 369 g/mol. The number of carbonyl (C=O) groups excluding carboxylic acids is 1. The zero-order valence-electron chi connectivity index (χ0n) is 13.6. The summed E-state index contributed by atoms with van der Waals surface area (Å²) in [6.45, 7) is 2.53. The number of hydrogen-bond donors (Lipinski definition) is 1. The molecular formula is C19H16ClN3OS. The van der Waals surface area contributed by atoms with Gasteiger partial charge in [-0.05, 0) is 48.2 Å². The van der Waals surface area contributed by atoms with Crippen LogP contribution in [-0.4, -0.2) is 15.8 Å². The molecule has 0 aliphatic carbocycles. The van der Waals surface area contributed by atoms with E-state index >= 15 is 0 Å². The number of rotatable bonds is 4. The molecule has 0 bridgehead atoms. The molecule has 1 atom stereocenters. The zero-order chi connectivity index (χ0) is 17.4. The van der Waals surface area contributed by atoms with Crippen molar-refractivity contribution in [2.45, 2.75) is 19.6 Å². The van der Waals surface area contributed by atoms with Gasteiger partial charge in [0.15, 0.2) is 0 Å². The molecule has 0 radical (unpaired) electrons. The van der Waals surface area contributed by atoms with E-state index in [1.54, 1.807) is 28.5 Å². The van der Waals surface area contributed by atoms with Crippen molar-refractivity contribution in [3.05, 3.63) is 80.8 Å². The first kappa shape index (κ1) is 16.1. The van der Waals surface area contributed by atoms with E-state index in [9.17, 15) is 4.79 Å². The van der Waals surface area contributed by atoms with Crippen LogP contribution in [0.2, 0.25) is 5.02 Å². The normalized spacial score (nSPS) is 16.2. The van der Waals surface area contributed by atoms with Crippen LogP contribution in [0.3, 0.4) is 0 Å². The van der Waals surface area contributed by atoms with Crippen molar-refractivity contribution in [2.75, 3.05) is 5.32 Å². The van der Waals surface area contributed by atoms with Gasteiger partial charge in [-0.1, -0.05) is 23.7 Å². The van der Waals surface area contributed by atoms with Gasteiger partial charge in [0, 0.05) is 11.1 Å². The van der Waals surface area contributed by atoms with E-state index in [2.05, 4.69) is 10.3 Å². The zero-order valence-corrected chi connectivity index (χ0v) is 15.1. The predicted molar refractivity (Wildman–Crippen MR) is 101 cm³/mol. The second-order valence-electron chi connectivity index (χ2n) is 5.98. The van der Waals surface area contributed by atoms with Crippen LogP contribution in [0.1, 0.15) is 32.7 Å². The molecule has 0 unspecified atom stereocenters. The quantitative estimate of drug-likeness (QED) is 0.713. The smallest absolute Gasteiger partial charge is 0.258 e. The number of aryl methyl sites for hydroxylation is 1. The van der Waals surface area contributed by atoms with Gasteiger partial charge in [0.05, 0.1) is 28.5 Å². The Morgan fingerprint density at radius 3 is 2.92 bits per heavy atom. The lowest BCUT2D eigenvalue weighted by Gasteiger charge is -2.26. The highest BCUT2D eigenvalue weighted by Gasteiger charge is 2.38. The molecule has 3 aromatic rings. The number of aromatic nitrogens is 1. The van der Waals surface area contributed by atoms with Gasteiger partial charge >= 0.3 is 0 Å². The lowest BCUT2D eigenvalue weighted by molar-refractivity contribution is 0.0729. The standard InChI is InChI=1S/C19H16ClN3OS/c1-12-6-7-16(15(20)10-12)22-18-17-14(5-2-8-21-17)19(24)23(18)11-13-4-3-9-25-13/h2-10,18,22H,11H2,1H3/t18-/m0/s1. The summed E-state index contributed by atoms with van der Waals surface area (Å²) in [6, 6.07) is 13.5. The van der Waals surface area contributed by atoms with E-state index in [-0.39, 0.29) is 12.1 Å². The number of thiophene rings is 1. The molecule has 0 fully saturated rings. The molecule has 3 heterocycles. The van der Waals surface area contributed by atoms with Crippen LogP contribution in [0, 0.1) is 6.92 Å². The number of halogens is 1. The summed E-state index contributed by atoms with van der Waals surface area (Å²) in [4.78, 5) is 20.3. The van der Waals surface area contributed by atoms with E-state index in [1.165, 1.54) is 0 Å². The van der Waals surface area contributed by atoms with Crippen LogP contribution in [0.25, 0.3) is 0 Å². The molecule has 126 valence electrons. The number of hydrogen-bond acceptors (Lipinski definition) is 4. The first-order chi connectivity index (χ1) is 12.1. The fourth-order valence-electron chi connectivity index (χ4n) is 3.00. The lowest BCUT2D eigenvalue weighted by atomic mass is 10.2. The van der Waals surface area contributed by atoms with Gasteiger partial charge < -0.3 is 10.2 Å². The minimum atomic E-state index is -0.342. The molecule has 6 heteroatoms.